The van der Waals surface area contributed by atoms with E-state index in [1.54, 1.807) is 0 Å². The van der Waals surface area contributed by atoms with Gasteiger partial charge in [0.15, 0.2) is 0 Å². The van der Waals surface area contributed by atoms with Gasteiger partial charge in [-0.3, -0.25) is 4.90 Å². The Labute approximate surface area is 130 Å². The van der Waals surface area contributed by atoms with Crippen LogP contribution < -0.4 is 0 Å². The minimum absolute atomic E-state index is 0.0945. The van der Waals surface area contributed by atoms with Crippen molar-refractivity contribution in [2.75, 3.05) is 13.1 Å². The van der Waals surface area contributed by atoms with E-state index >= 15 is 0 Å². The summed E-state index contributed by atoms with van der Waals surface area (Å²) in [7, 11) is 0. The fraction of sp³-hybridized carbons (Fsp3) is 0.474. The molecule has 1 aromatic carbocycles. The van der Waals surface area contributed by atoms with E-state index in [0.29, 0.717) is 6.04 Å². The highest BCUT2D eigenvalue weighted by Gasteiger charge is 2.51. The number of aliphatic hydroxyl groups is 1. The molecule has 2 unspecified atom stereocenters. The smallest absolute Gasteiger partial charge is 0.131 e. The molecule has 0 spiro atoms. The Morgan fingerprint density at radius 3 is 3.05 bits per heavy atom. The zero-order valence-electron chi connectivity index (χ0n) is 13.0. The highest BCUT2D eigenvalue weighted by atomic mass is 16.3. The molecular weight excluding hydrogens is 272 g/mol. The van der Waals surface area contributed by atoms with Crippen molar-refractivity contribution in [1.29, 1.82) is 0 Å². The molecule has 0 fully saturated rings. The van der Waals surface area contributed by atoms with E-state index in [-0.39, 0.29) is 5.41 Å². The normalized spacial score (nSPS) is 33.2. The third-order valence-electron chi connectivity index (χ3n) is 6.18. The van der Waals surface area contributed by atoms with Crippen LogP contribution >= 0.6 is 0 Å². The van der Waals surface area contributed by atoms with Gasteiger partial charge in [-0.25, -0.2) is 0 Å². The fourth-order valence-electron chi connectivity index (χ4n) is 5.20. The lowest BCUT2D eigenvalue weighted by Gasteiger charge is -2.53. The van der Waals surface area contributed by atoms with Gasteiger partial charge in [0.1, 0.15) is 6.23 Å². The minimum atomic E-state index is -0.410. The molecule has 5 rings (SSSR count). The summed E-state index contributed by atoms with van der Waals surface area (Å²) in [5.74, 6) is 0. The molecule has 0 bridgehead atoms. The summed E-state index contributed by atoms with van der Waals surface area (Å²) < 4.78 is 2.23. The molecule has 22 heavy (non-hydrogen) atoms. The van der Waals surface area contributed by atoms with Gasteiger partial charge in [-0.05, 0) is 24.5 Å². The van der Waals surface area contributed by atoms with Crippen LogP contribution in [0.25, 0.3) is 10.9 Å². The Bertz CT molecular complexity index is 790. The molecule has 2 aromatic rings. The first-order chi connectivity index (χ1) is 10.7. The van der Waals surface area contributed by atoms with Gasteiger partial charge in [-0.15, -0.1) is 0 Å². The maximum Gasteiger partial charge on any atom is 0.131 e. The third kappa shape index (κ3) is 1.39. The Balaban J connectivity index is 1.88. The van der Waals surface area contributed by atoms with Gasteiger partial charge in [0.2, 0.25) is 0 Å². The van der Waals surface area contributed by atoms with Crippen molar-refractivity contribution in [3.63, 3.8) is 0 Å². The molecule has 4 heterocycles. The Morgan fingerprint density at radius 1 is 1.32 bits per heavy atom. The third-order valence-corrected chi connectivity index (χ3v) is 6.18. The molecule has 0 saturated carbocycles. The van der Waals surface area contributed by atoms with E-state index in [2.05, 4.69) is 52.8 Å². The van der Waals surface area contributed by atoms with E-state index in [4.69, 9.17) is 0 Å². The van der Waals surface area contributed by atoms with Crippen LogP contribution in [0.3, 0.4) is 0 Å². The van der Waals surface area contributed by atoms with Crippen LogP contribution in [0.2, 0.25) is 0 Å². The van der Waals surface area contributed by atoms with E-state index in [0.717, 1.165) is 32.4 Å². The predicted octanol–water partition coefficient (Wildman–Crippen LogP) is 3.40. The number of fused-ring (bicyclic) bond motifs is 3. The number of nitrogens with zero attached hydrogens (tertiary/aromatic N) is 2. The largest absolute Gasteiger partial charge is 0.373 e. The summed E-state index contributed by atoms with van der Waals surface area (Å²) in [5, 5.41) is 12.3. The lowest BCUT2D eigenvalue weighted by molar-refractivity contribution is -0.0313. The van der Waals surface area contributed by atoms with Crippen LogP contribution in [0.15, 0.2) is 36.4 Å². The standard InChI is InChI=1S/C19H22N2O/c1-2-19-9-5-10-20-11-8-14-13-6-3-4-7-15(13)21(16(22)12-19)17(14)18(19)20/h3-7,9,16,18,22H,2,8,10-12H2,1H3/t16?,18?,19-/m0/s1. The Kier molecular flexibility index (Phi) is 2.49. The van der Waals surface area contributed by atoms with Crippen LogP contribution in [0.5, 0.6) is 0 Å². The molecule has 1 N–H and O–H groups in total. The van der Waals surface area contributed by atoms with Crippen molar-refractivity contribution in [2.24, 2.45) is 5.41 Å². The second kappa shape index (κ2) is 4.24. The average molecular weight is 294 g/mol. The molecule has 0 radical (unpaired) electrons. The lowest BCUT2D eigenvalue weighted by atomic mass is 9.67. The molecule has 3 nitrogen and oxygen atoms in total. The molecule has 3 atom stereocenters. The number of para-hydroxylation sites is 1. The molecule has 0 amide bonds. The Hall–Kier alpha value is -1.58. The number of rotatable bonds is 1. The molecule has 0 saturated heterocycles. The van der Waals surface area contributed by atoms with Crippen LogP contribution in [-0.2, 0) is 6.42 Å². The van der Waals surface area contributed by atoms with E-state index in [1.165, 1.54) is 22.2 Å². The van der Waals surface area contributed by atoms with Crippen molar-refractivity contribution in [2.45, 2.75) is 38.5 Å². The molecular formula is C19H22N2O. The number of benzene rings is 1. The molecule has 3 aliphatic heterocycles. The van der Waals surface area contributed by atoms with Crippen molar-refractivity contribution in [3.05, 3.63) is 47.7 Å². The van der Waals surface area contributed by atoms with Crippen molar-refractivity contribution in [3.8, 4) is 0 Å². The summed E-state index contributed by atoms with van der Waals surface area (Å²) in [6.07, 6.45) is 7.31. The number of aromatic nitrogens is 1. The first-order valence-corrected chi connectivity index (χ1v) is 8.47. The summed E-state index contributed by atoms with van der Waals surface area (Å²) >= 11 is 0. The summed E-state index contributed by atoms with van der Waals surface area (Å²) in [4.78, 5) is 2.62. The van der Waals surface area contributed by atoms with Gasteiger partial charge in [-0.1, -0.05) is 37.3 Å². The van der Waals surface area contributed by atoms with Gasteiger partial charge in [-0.2, -0.15) is 0 Å². The Morgan fingerprint density at radius 2 is 2.18 bits per heavy atom. The number of hydrogen-bond acceptors (Lipinski definition) is 2. The summed E-state index contributed by atoms with van der Waals surface area (Å²) in [5.41, 5.74) is 4.17. The number of hydrogen-bond donors (Lipinski definition) is 1. The predicted molar refractivity (Wildman–Crippen MR) is 87.7 cm³/mol. The van der Waals surface area contributed by atoms with Crippen LogP contribution in [-0.4, -0.2) is 27.7 Å². The maximum atomic E-state index is 10.9. The average Bonchev–Trinajstić information content (AvgIpc) is 2.89. The van der Waals surface area contributed by atoms with Gasteiger partial charge in [0.05, 0.1) is 11.6 Å². The van der Waals surface area contributed by atoms with E-state index in [1.807, 2.05) is 0 Å². The molecule has 114 valence electrons. The number of aliphatic hydroxyl groups excluding tert-OH is 1. The van der Waals surface area contributed by atoms with Gasteiger partial charge in [0.25, 0.3) is 0 Å². The highest BCUT2D eigenvalue weighted by molar-refractivity contribution is 5.86. The minimum Gasteiger partial charge on any atom is -0.373 e. The van der Waals surface area contributed by atoms with E-state index in [9.17, 15) is 5.11 Å². The second-order valence-electron chi connectivity index (χ2n) is 7.07. The zero-order chi connectivity index (χ0) is 14.9. The highest BCUT2D eigenvalue weighted by Crippen LogP contribution is 2.57. The van der Waals surface area contributed by atoms with Crippen LogP contribution in [0.4, 0.5) is 0 Å². The monoisotopic (exact) mass is 294 g/mol. The zero-order valence-corrected chi connectivity index (χ0v) is 13.0. The van der Waals surface area contributed by atoms with Gasteiger partial charge in [0, 0.05) is 36.0 Å². The molecule has 1 aromatic heterocycles. The van der Waals surface area contributed by atoms with E-state index < -0.39 is 6.23 Å². The fourth-order valence-corrected chi connectivity index (χ4v) is 5.20. The lowest BCUT2D eigenvalue weighted by Crippen LogP contribution is -2.51. The van der Waals surface area contributed by atoms with Gasteiger partial charge >= 0.3 is 0 Å². The molecule has 3 aliphatic rings. The van der Waals surface area contributed by atoms with Crippen LogP contribution in [0, 0.1) is 5.41 Å². The summed E-state index contributed by atoms with van der Waals surface area (Å²) in [6.45, 7) is 4.45. The SMILES string of the molecule is CC[C@]12C=CCN3CCc4c(n(c5ccccc45)C(O)C1)C32. The first-order valence-electron chi connectivity index (χ1n) is 8.47. The first kappa shape index (κ1) is 12.9. The van der Waals surface area contributed by atoms with Crippen molar-refractivity contribution < 1.29 is 5.11 Å². The second-order valence-corrected chi connectivity index (χ2v) is 7.07. The molecule has 0 aliphatic carbocycles. The summed E-state index contributed by atoms with van der Waals surface area (Å²) in [6, 6.07) is 9.03. The van der Waals surface area contributed by atoms with Crippen LogP contribution in [0.1, 0.15) is 43.3 Å². The maximum absolute atomic E-state index is 10.9. The van der Waals surface area contributed by atoms with Gasteiger partial charge < -0.3 is 9.67 Å². The molecule has 3 heteroatoms. The van der Waals surface area contributed by atoms with Crippen molar-refractivity contribution >= 4 is 10.9 Å². The topological polar surface area (TPSA) is 28.4 Å². The quantitative estimate of drug-likeness (QED) is 0.817. The van der Waals surface area contributed by atoms with Crippen molar-refractivity contribution in [1.82, 2.24) is 9.47 Å².